The Balaban J connectivity index is 1.28. The minimum atomic E-state index is -0.541. The molecule has 0 unspecified atom stereocenters. The van der Waals surface area contributed by atoms with Crippen LogP contribution in [0.2, 0.25) is 0 Å². The largest absolute Gasteiger partial charge is 0.507 e. The number of nitrogens with zero attached hydrogens (tertiary/aromatic N) is 8. The molecule has 1 aromatic carbocycles. The van der Waals surface area contributed by atoms with Gasteiger partial charge in [0.1, 0.15) is 11.6 Å². The van der Waals surface area contributed by atoms with E-state index in [1.807, 2.05) is 4.90 Å². The monoisotopic (exact) mass is 477 g/mol. The molecule has 35 heavy (non-hydrogen) atoms. The van der Waals surface area contributed by atoms with E-state index in [4.69, 9.17) is 5.73 Å². The number of phenols is 1. The fraction of sp³-hybridized carbons (Fsp3) is 0.348. The van der Waals surface area contributed by atoms with Gasteiger partial charge in [0.15, 0.2) is 17.1 Å². The second kappa shape index (κ2) is 8.84. The van der Waals surface area contributed by atoms with Crippen molar-refractivity contribution >= 4 is 34.1 Å². The Labute approximate surface area is 200 Å². The van der Waals surface area contributed by atoms with Crippen molar-refractivity contribution in [2.24, 2.45) is 0 Å². The number of benzene rings is 1. The van der Waals surface area contributed by atoms with Gasteiger partial charge in [-0.2, -0.15) is 19.6 Å². The van der Waals surface area contributed by atoms with Crippen LogP contribution in [0.25, 0.3) is 16.7 Å². The molecule has 0 atom stereocenters. The van der Waals surface area contributed by atoms with Crippen molar-refractivity contribution in [3.63, 3.8) is 0 Å². The summed E-state index contributed by atoms with van der Waals surface area (Å²) in [6, 6.07) is 2.43. The molecule has 1 fully saturated rings. The number of halogens is 1. The minimum Gasteiger partial charge on any atom is -0.507 e. The van der Waals surface area contributed by atoms with E-state index >= 15 is 0 Å². The van der Waals surface area contributed by atoms with Gasteiger partial charge in [-0.25, -0.2) is 9.07 Å². The lowest BCUT2D eigenvalue weighted by atomic mass is 10.1. The van der Waals surface area contributed by atoms with Crippen LogP contribution in [0.5, 0.6) is 5.75 Å². The van der Waals surface area contributed by atoms with Crippen LogP contribution in [-0.2, 0) is 6.54 Å². The zero-order chi connectivity index (χ0) is 24.7. The van der Waals surface area contributed by atoms with Crippen molar-refractivity contribution in [1.82, 2.24) is 34.3 Å². The second-order valence-corrected chi connectivity index (χ2v) is 8.33. The predicted molar refractivity (Wildman–Crippen MR) is 128 cm³/mol. The first-order chi connectivity index (χ1) is 16.9. The van der Waals surface area contributed by atoms with E-state index in [1.54, 1.807) is 17.8 Å². The molecule has 0 bridgehead atoms. The van der Waals surface area contributed by atoms with Crippen LogP contribution in [-0.4, -0.2) is 77.9 Å². The van der Waals surface area contributed by atoms with Crippen molar-refractivity contribution in [3.05, 3.63) is 35.5 Å². The zero-order valence-corrected chi connectivity index (χ0v) is 19.4. The molecule has 11 nitrogen and oxygen atoms in total. The molecule has 1 saturated heterocycles. The summed E-state index contributed by atoms with van der Waals surface area (Å²) in [4.78, 5) is 24.8. The molecule has 180 valence electrons. The Morgan fingerprint density at radius 2 is 1.94 bits per heavy atom. The Morgan fingerprint density at radius 3 is 2.66 bits per heavy atom. The number of phenolic OH excluding ortho intramolecular Hbond substituents is 1. The van der Waals surface area contributed by atoms with E-state index in [0.29, 0.717) is 62.1 Å². The molecule has 5 rings (SSSR count). The van der Waals surface area contributed by atoms with E-state index in [-0.39, 0.29) is 23.0 Å². The third-order valence-corrected chi connectivity index (χ3v) is 6.12. The molecule has 0 spiro atoms. The number of aromatic nitrogens is 6. The number of hydrogen-bond acceptors (Lipinski definition) is 9. The summed E-state index contributed by atoms with van der Waals surface area (Å²) >= 11 is 0. The quantitative estimate of drug-likeness (QED) is 0.322. The standard InChI is InChI=1S/C23H24FN9O2/c1-3-4-20-27-22-16-13-26-32(21(16)28-23(25)33(22)29-20)10-7-30-5-8-31(9-6-30)18-11-15(14(2)34)19(35)12-17(18)24/h11-13,35H,5-10H2,1-2H3,(H2,25,28). The number of aromatic hydroxyl groups is 1. The number of nitrogen functional groups attached to an aromatic ring is 1. The third kappa shape index (κ3) is 4.10. The number of carbonyl (C=O) groups excluding carboxylic acids is 1. The molecule has 1 aliphatic rings. The molecule has 4 heterocycles. The van der Waals surface area contributed by atoms with Crippen molar-refractivity contribution in [2.75, 3.05) is 43.4 Å². The number of ketones is 1. The normalized spacial score (nSPS) is 14.4. The molecule has 0 radical (unpaired) electrons. The van der Waals surface area contributed by atoms with Crippen LogP contribution >= 0.6 is 0 Å². The molecule has 12 heteroatoms. The summed E-state index contributed by atoms with van der Waals surface area (Å²) in [5.41, 5.74) is 7.73. The summed E-state index contributed by atoms with van der Waals surface area (Å²) in [5, 5.41) is 19.3. The maximum absolute atomic E-state index is 14.5. The Kier molecular flexibility index (Phi) is 5.70. The fourth-order valence-corrected chi connectivity index (χ4v) is 4.31. The Hall–Kier alpha value is -4.24. The van der Waals surface area contributed by atoms with E-state index < -0.39 is 5.82 Å². The van der Waals surface area contributed by atoms with Gasteiger partial charge in [-0.15, -0.1) is 5.10 Å². The number of piperazine rings is 1. The lowest BCUT2D eigenvalue weighted by molar-refractivity contribution is 0.101. The average Bonchev–Trinajstić information content (AvgIpc) is 3.43. The van der Waals surface area contributed by atoms with Crippen LogP contribution in [0.1, 0.15) is 30.0 Å². The molecule has 1 aliphatic heterocycles. The fourth-order valence-electron chi connectivity index (χ4n) is 4.31. The van der Waals surface area contributed by atoms with Crippen LogP contribution in [0.15, 0.2) is 18.3 Å². The molecular formula is C23H24FN9O2. The predicted octanol–water partition coefficient (Wildman–Crippen LogP) is 1.30. The first-order valence-corrected chi connectivity index (χ1v) is 11.2. The number of rotatable bonds is 5. The highest BCUT2D eigenvalue weighted by molar-refractivity contribution is 5.97. The zero-order valence-electron chi connectivity index (χ0n) is 19.4. The van der Waals surface area contributed by atoms with E-state index in [1.165, 1.54) is 17.5 Å². The van der Waals surface area contributed by atoms with Gasteiger partial charge in [0, 0.05) is 38.8 Å². The summed E-state index contributed by atoms with van der Waals surface area (Å²) in [5.74, 6) is 5.00. The highest BCUT2D eigenvalue weighted by Crippen LogP contribution is 2.29. The molecule has 0 aliphatic carbocycles. The Bertz CT molecular complexity index is 1510. The Morgan fingerprint density at radius 1 is 1.17 bits per heavy atom. The first-order valence-electron chi connectivity index (χ1n) is 11.2. The minimum absolute atomic E-state index is 0.122. The van der Waals surface area contributed by atoms with Crippen LogP contribution in [0, 0.1) is 17.7 Å². The number of nitrogens with two attached hydrogens (primary N) is 1. The highest BCUT2D eigenvalue weighted by atomic mass is 19.1. The van der Waals surface area contributed by atoms with Gasteiger partial charge in [0.2, 0.25) is 11.8 Å². The topological polar surface area (TPSA) is 131 Å². The highest BCUT2D eigenvalue weighted by Gasteiger charge is 2.22. The van der Waals surface area contributed by atoms with Crippen molar-refractivity contribution in [2.45, 2.75) is 20.4 Å². The van der Waals surface area contributed by atoms with E-state index in [2.05, 4.69) is 36.9 Å². The van der Waals surface area contributed by atoms with Gasteiger partial charge in [-0.05, 0) is 25.8 Å². The SMILES string of the molecule is CC#Cc1nc2c3cnn(CCN4CCN(c5cc(C(C)=O)c(O)cc5F)CC4)c3nc(N)n2n1. The van der Waals surface area contributed by atoms with E-state index in [0.717, 1.165) is 11.5 Å². The molecule has 3 aromatic heterocycles. The average molecular weight is 478 g/mol. The lowest BCUT2D eigenvalue weighted by Gasteiger charge is -2.36. The summed E-state index contributed by atoms with van der Waals surface area (Å²) < 4.78 is 17.7. The molecular weight excluding hydrogens is 453 g/mol. The number of hydrogen-bond donors (Lipinski definition) is 2. The molecule has 3 N–H and O–H groups in total. The van der Waals surface area contributed by atoms with Crippen molar-refractivity contribution in [3.8, 4) is 17.6 Å². The summed E-state index contributed by atoms with van der Waals surface area (Å²) in [6.07, 6.45) is 1.70. The lowest BCUT2D eigenvalue weighted by Crippen LogP contribution is -2.47. The molecule has 0 amide bonds. The van der Waals surface area contributed by atoms with Gasteiger partial charge in [-0.1, -0.05) is 5.92 Å². The first kappa shape index (κ1) is 22.5. The maximum atomic E-state index is 14.5. The maximum Gasteiger partial charge on any atom is 0.226 e. The second-order valence-electron chi connectivity index (χ2n) is 8.33. The summed E-state index contributed by atoms with van der Waals surface area (Å²) in [7, 11) is 0. The van der Waals surface area contributed by atoms with Gasteiger partial charge in [0.25, 0.3) is 0 Å². The summed E-state index contributed by atoms with van der Waals surface area (Å²) in [6.45, 7) is 6.96. The third-order valence-electron chi connectivity index (χ3n) is 6.12. The van der Waals surface area contributed by atoms with Gasteiger partial charge in [0.05, 0.1) is 29.4 Å². The van der Waals surface area contributed by atoms with Crippen molar-refractivity contribution in [1.29, 1.82) is 0 Å². The van der Waals surface area contributed by atoms with Gasteiger partial charge >= 0.3 is 0 Å². The smallest absolute Gasteiger partial charge is 0.226 e. The van der Waals surface area contributed by atoms with Crippen LogP contribution < -0.4 is 10.6 Å². The van der Waals surface area contributed by atoms with Gasteiger partial charge < -0.3 is 15.7 Å². The number of anilines is 2. The van der Waals surface area contributed by atoms with Crippen LogP contribution in [0.3, 0.4) is 0 Å². The van der Waals surface area contributed by atoms with E-state index in [9.17, 15) is 14.3 Å². The molecule has 0 saturated carbocycles. The van der Waals surface area contributed by atoms with Crippen molar-refractivity contribution < 1.29 is 14.3 Å². The number of fused-ring (bicyclic) bond motifs is 3. The number of carbonyl (C=O) groups is 1. The molecule has 4 aromatic rings. The number of Topliss-reactive ketones (excluding diaryl/α,β-unsaturated/α-hetero) is 1. The van der Waals surface area contributed by atoms with Crippen LogP contribution in [0.4, 0.5) is 16.0 Å². The van der Waals surface area contributed by atoms with Gasteiger partial charge in [-0.3, -0.25) is 9.69 Å².